The first kappa shape index (κ1) is 9.67. The maximum absolute atomic E-state index is 9.42. The fraction of sp³-hybridized carbons (Fsp3) is 0.750. The van der Waals surface area contributed by atoms with Crippen LogP contribution >= 0.6 is 0 Å². The fourth-order valence-electron chi connectivity index (χ4n) is 1.38. The van der Waals surface area contributed by atoms with Crippen molar-refractivity contribution in [3.05, 3.63) is 12.7 Å². The Morgan fingerprint density at radius 1 is 1.33 bits per heavy atom. The van der Waals surface area contributed by atoms with Crippen molar-refractivity contribution < 1.29 is 15.3 Å². The van der Waals surface area contributed by atoms with E-state index in [0.29, 0.717) is 13.0 Å². The average molecular weight is 173 g/mol. The number of aliphatic hydroxyl groups is 3. The van der Waals surface area contributed by atoms with Gasteiger partial charge in [0.05, 0.1) is 12.2 Å². The van der Waals surface area contributed by atoms with E-state index in [1.165, 1.54) is 0 Å². The molecule has 70 valence electrons. The molecular formula is C8H15NO3. The van der Waals surface area contributed by atoms with Crippen molar-refractivity contribution in [2.45, 2.75) is 30.8 Å². The number of nitrogens with one attached hydrogen (secondary N) is 1. The van der Waals surface area contributed by atoms with Crippen molar-refractivity contribution in [3.8, 4) is 0 Å². The minimum Gasteiger partial charge on any atom is -0.389 e. The quantitative estimate of drug-likeness (QED) is 0.388. The zero-order chi connectivity index (χ0) is 9.14. The Hall–Kier alpha value is -0.420. The molecule has 4 heteroatoms. The van der Waals surface area contributed by atoms with Gasteiger partial charge < -0.3 is 20.6 Å². The first-order valence-electron chi connectivity index (χ1n) is 4.05. The Kier molecular flexibility index (Phi) is 3.22. The number of aliphatic hydroxyl groups excluding tert-OH is 3. The van der Waals surface area contributed by atoms with Crippen molar-refractivity contribution in [1.29, 1.82) is 0 Å². The summed E-state index contributed by atoms with van der Waals surface area (Å²) < 4.78 is 0. The molecule has 0 aromatic carbocycles. The van der Waals surface area contributed by atoms with E-state index < -0.39 is 18.3 Å². The standard InChI is InChI=1S/C8H15NO3/c1-2-3-5-7(11)8(12)6(10)4-9-5/h2,5-12H,1,3-4H2/t5?,6-,7+,8+/m1/s1. The lowest BCUT2D eigenvalue weighted by Crippen LogP contribution is -2.59. The molecule has 0 radical (unpaired) electrons. The van der Waals surface area contributed by atoms with Crippen molar-refractivity contribution in [3.63, 3.8) is 0 Å². The third kappa shape index (κ3) is 1.84. The predicted octanol–water partition coefficient (Wildman–Crippen LogP) is -1.38. The Balaban J connectivity index is 2.52. The second-order valence-corrected chi connectivity index (χ2v) is 3.09. The molecule has 12 heavy (non-hydrogen) atoms. The topological polar surface area (TPSA) is 72.7 Å². The summed E-state index contributed by atoms with van der Waals surface area (Å²) in [7, 11) is 0. The van der Waals surface area contributed by atoms with Gasteiger partial charge in [-0.05, 0) is 6.42 Å². The van der Waals surface area contributed by atoms with Crippen LogP contribution in [0, 0.1) is 0 Å². The number of hydrogen-bond donors (Lipinski definition) is 4. The molecule has 4 N–H and O–H groups in total. The molecule has 1 aliphatic rings. The molecule has 1 fully saturated rings. The van der Waals surface area contributed by atoms with Gasteiger partial charge in [-0.25, -0.2) is 0 Å². The van der Waals surface area contributed by atoms with Crippen LogP contribution in [0.5, 0.6) is 0 Å². The third-order valence-electron chi connectivity index (χ3n) is 2.17. The van der Waals surface area contributed by atoms with E-state index in [4.69, 9.17) is 5.11 Å². The molecule has 1 saturated heterocycles. The summed E-state index contributed by atoms with van der Waals surface area (Å²) in [6, 6.07) is -0.194. The van der Waals surface area contributed by atoms with Gasteiger partial charge in [0.1, 0.15) is 6.10 Å². The van der Waals surface area contributed by atoms with Gasteiger partial charge in [0.25, 0.3) is 0 Å². The summed E-state index contributed by atoms with van der Waals surface area (Å²) in [5, 5.41) is 30.7. The van der Waals surface area contributed by atoms with Gasteiger partial charge in [-0.15, -0.1) is 6.58 Å². The molecule has 0 saturated carbocycles. The van der Waals surface area contributed by atoms with Crippen LogP contribution in [0.1, 0.15) is 6.42 Å². The normalized spacial score (nSPS) is 42.6. The Labute approximate surface area is 71.5 Å². The predicted molar refractivity (Wildman–Crippen MR) is 44.6 cm³/mol. The molecule has 1 aliphatic heterocycles. The Morgan fingerprint density at radius 3 is 2.58 bits per heavy atom. The molecular weight excluding hydrogens is 158 g/mol. The largest absolute Gasteiger partial charge is 0.389 e. The highest BCUT2D eigenvalue weighted by Gasteiger charge is 2.35. The summed E-state index contributed by atoms with van der Waals surface area (Å²) >= 11 is 0. The zero-order valence-electron chi connectivity index (χ0n) is 6.85. The first-order chi connectivity index (χ1) is 5.66. The summed E-state index contributed by atoms with van der Waals surface area (Å²) in [6.45, 7) is 3.85. The number of β-amino-alcohol motifs (C(OH)–C–C–N with tert-alkyl or cyclic N) is 1. The zero-order valence-corrected chi connectivity index (χ0v) is 6.85. The molecule has 0 spiro atoms. The van der Waals surface area contributed by atoms with Gasteiger partial charge in [0.2, 0.25) is 0 Å². The van der Waals surface area contributed by atoms with E-state index in [1.807, 2.05) is 0 Å². The average Bonchev–Trinajstić information content (AvgIpc) is 2.07. The highest BCUT2D eigenvalue weighted by Crippen LogP contribution is 2.12. The molecule has 0 bridgehead atoms. The summed E-state index contributed by atoms with van der Waals surface area (Å²) in [5.41, 5.74) is 0. The Bertz CT molecular complexity index is 162. The fourth-order valence-corrected chi connectivity index (χ4v) is 1.38. The molecule has 4 atom stereocenters. The number of piperidine rings is 1. The second-order valence-electron chi connectivity index (χ2n) is 3.09. The van der Waals surface area contributed by atoms with Gasteiger partial charge in [0.15, 0.2) is 0 Å². The van der Waals surface area contributed by atoms with E-state index >= 15 is 0 Å². The molecule has 0 amide bonds. The minimum absolute atomic E-state index is 0.194. The molecule has 0 aliphatic carbocycles. The van der Waals surface area contributed by atoms with Crippen molar-refractivity contribution in [2.24, 2.45) is 0 Å². The van der Waals surface area contributed by atoms with Crippen LogP contribution in [-0.2, 0) is 0 Å². The maximum atomic E-state index is 9.42. The molecule has 1 rings (SSSR count). The molecule has 1 heterocycles. The Morgan fingerprint density at radius 2 is 2.00 bits per heavy atom. The third-order valence-corrected chi connectivity index (χ3v) is 2.17. The van der Waals surface area contributed by atoms with Crippen LogP contribution < -0.4 is 5.32 Å². The van der Waals surface area contributed by atoms with Crippen LogP contribution in [0.15, 0.2) is 12.7 Å². The summed E-state index contributed by atoms with van der Waals surface area (Å²) in [5.74, 6) is 0. The number of hydrogen-bond acceptors (Lipinski definition) is 4. The van der Waals surface area contributed by atoms with E-state index in [2.05, 4.69) is 11.9 Å². The SMILES string of the molecule is C=CCC1NC[C@@H](O)[C@H](O)[C@H]1O. The smallest absolute Gasteiger partial charge is 0.108 e. The highest BCUT2D eigenvalue weighted by molar-refractivity contribution is 4.94. The number of rotatable bonds is 2. The lowest BCUT2D eigenvalue weighted by atomic mass is 9.94. The molecule has 0 aromatic heterocycles. The van der Waals surface area contributed by atoms with E-state index in [1.54, 1.807) is 6.08 Å². The first-order valence-corrected chi connectivity index (χ1v) is 4.05. The van der Waals surface area contributed by atoms with Crippen molar-refractivity contribution >= 4 is 0 Å². The van der Waals surface area contributed by atoms with Crippen LogP contribution in [0.4, 0.5) is 0 Å². The monoisotopic (exact) mass is 173 g/mol. The van der Waals surface area contributed by atoms with Gasteiger partial charge in [-0.2, -0.15) is 0 Å². The summed E-state index contributed by atoms with van der Waals surface area (Å²) in [6.07, 6.45) is -0.569. The highest BCUT2D eigenvalue weighted by atomic mass is 16.4. The minimum atomic E-state index is -1.05. The van der Waals surface area contributed by atoms with Gasteiger partial charge >= 0.3 is 0 Å². The van der Waals surface area contributed by atoms with Crippen LogP contribution in [0.3, 0.4) is 0 Å². The van der Waals surface area contributed by atoms with Crippen LogP contribution in [-0.4, -0.2) is 46.2 Å². The van der Waals surface area contributed by atoms with Crippen LogP contribution in [0.25, 0.3) is 0 Å². The second kappa shape index (κ2) is 4.00. The van der Waals surface area contributed by atoms with Crippen LogP contribution in [0.2, 0.25) is 0 Å². The van der Waals surface area contributed by atoms with Gasteiger partial charge in [0, 0.05) is 12.6 Å². The lowest BCUT2D eigenvalue weighted by molar-refractivity contribution is -0.0933. The van der Waals surface area contributed by atoms with Gasteiger partial charge in [-0.1, -0.05) is 6.08 Å². The van der Waals surface area contributed by atoms with E-state index in [0.717, 1.165) is 0 Å². The molecule has 4 nitrogen and oxygen atoms in total. The molecule has 0 aromatic rings. The van der Waals surface area contributed by atoms with E-state index in [9.17, 15) is 10.2 Å². The lowest BCUT2D eigenvalue weighted by Gasteiger charge is -2.35. The van der Waals surface area contributed by atoms with Gasteiger partial charge in [-0.3, -0.25) is 0 Å². The summed E-state index contributed by atoms with van der Waals surface area (Å²) in [4.78, 5) is 0. The van der Waals surface area contributed by atoms with E-state index in [-0.39, 0.29) is 6.04 Å². The maximum Gasteiger partial charge on any atom is 0.108 e. The van der Waals surface area contributed by atoms with Crippen molar-refractivity contribution in [2.75, 3.05) is 6.54 Å². The molecule has 1 unspecified atom stereocenters. The van der Waals surface area contributed by atoms with Crippen molar-refractivity contribution in [1.82, 2.24) is 5.32 Å².